The number of carbonyl (C=O) groups is 1. The van der Waals surface area contributed by atoms with Crippen LogP contribution in [0.15, 0.2) is 67.3 Å². The fourth-order valence-corrected chi connectivity index (χ4v) is 3.16. The Kier molecular flexibility index (Phi) is 6.18. The summed E-state index contributed by atoms with van der Waals surface area (Å²) in [6.45, 7) is 1.83. The Morgan fingerprint density at radius 1 is 1.03 bits per heavy atom. The smallest absolute Gasteiger partial charge is 0.323 e. The van der Waals surface area contributed by atoms with E-state index in [-0.39, 0.29) is 0 Å². The van der Waals surface area contributed by atoms with Crippen LogP contribution in [0.1, 0.15) is 5.82 Å². The normalized spacial score (nSPS) is 10.5. The van der Waals surface area contributed by atoms with Crippen molar-refractivity contribution in [3.8, 4) is 11.6 Å². The fourth-order valence-electron chi connectivity index (χ4n) is 2.99. The summed E-state index contributed by atoms with van der Waals surface area (Å²) in [4.78, 5) is 25.2. The zero-order chi connectivity index (χ0) is 22.5. The van der Waals surface area contributed by atoms with Crippen LogP contribution in [0.3, 0.4) is 0 Å². The summed E-state index contributed by atoms with van der Waals surface area (Å²) < 4.78 is 7.05. The second kappa shape index (κ2) is 9.36. The number of hydrogen-bond donors (Lipinski definition) is 3. The average molecular weight is 450 g/mol. The lowest BCUT2D eigenvalue weighted by atomic mass is 10.2. The van der Waals surface area contributed by atoms with Crippen LogP contribution in [0, 0.1) is 6.92 Å². The lowest BCUT2D eigenvalue weighted by molar-refractivity contribution is 0.262. The van der Waals surface area contributed by atoms with Gasteiger partial charge in [-0.1, -0.05) is 11.6 Å². The van der Waals surface area contributed by atoms with E-state index in [4.69, 9.17) is 16.3 Å². The predicted molar refractivity (Wildman–Crippen MR) is 124 cm³/mol. The van der Waals surface area contributed by atoms with Gasteiger partial charge in [-0.05, 0) is 49.4 Å². The number of benzene rings is 2. The molecule has 3 N–H and O–H groups in total. The molecule has 162 valence electrons. The van der Waals surface area contributed by atoms with Gasteiger partial charge in [-0.25, -0.2) is 19.7 Å². The van der Waals surface area contributed by atoms with Crippen molar-refractivity contribution < 1.29 is 9.53 Å². The lowest BCUT2D eigenvalue weighted by Gasteiger charge is -2.12. The van der Waals surface area contributed by atoms with E-state index in [2.05, 4.69) is 30.9 Å². The molecule has 0 radical (unpaired) electrons. The highest BCUT2D eigenvalue weighted by Crippen LogP contribution is 2.28. The quantitative estimate of drug-likeness (QED) is 0.381. The Hall–Kier alpha value is -4.11. The molecular formula is C22H20ClN7O2. The number of halogens is 1. The van der Waals surface area contributed by atoms with Crippen molar-refractivity contribution in [2.75, 3.05) is 23.1 Å². The summed E-state index contributed by atoms with van der Waals surface area (Å²) in [5.41, 5.74) is 1.90. The Balaban J connectivity index is 1.42. The van der Waals surface area contributed by atoms with Crippen molar-refractivity contribution in [3.05, 3.63) is 78.1 Å². The third-order valence-electron chi connectivity index (χ3n) is 4.42. The van der Waals surface area contributed by atoms with E-state index in [0.29, 0.717) is 39.6 Å². The largest absolute Gasteiger partial charge is 0.495 e. The molecule has 4 aromatic rings. The van der Waals surface area contributed by atoms with Gasteiger partial charge in [-0.3, -0.25) is 4.57 Å². The van der Waals surface area contributed by atoms with Gasteiger partial charge < -0.3 is 20.7 Å². The standard InChI is InChI=1S/C22H20ClN7O2/c1-14-25-20(12-21(26-14)30-10-9-24-13-30)27-16-4-6-17(7-5-16)28-22(31)29-18-11-15(23)3-8-19(18)32-2/h3-13H,1-2H3,(H,25,26,27)(H2,28,29,31). The monoisotopic (exact) mass is 449 g/mol. The molecule has 0 unspecified atom stereocenters. The number of methoxy groups -OCH3 is 1. The van der Waals surface area contributed by atoms with Crippen LogP contribution < -0.4 is 20.7 Å². The third kappa shape index (κ3) is 5.13. The molecule has 2 heterocycles. The molecule has 0 aliphatic rings. The number of nitrogens with one attached hydrogen (secondary N) is 3. The van der Waals surface area contributed by atoms with Gasteiger partial charge in [0.25, 0.3) is 0 Å². The Morgan fingerprint density at radius 2 is 1.81 bits per heavy atom. The second-order valence-corrected chi connectivity index (χ2v) is 7.19. The molecule has 0 saturated carbocycles. The highest BCUT2D eigenvalue weighted by atomic mass is 35.5. The zero-order valence-corrected chi connectivity index (χ0v) is 18.1. The molecule has 10 heteroatoms. The number of urea groups is 1. The summed E-state index contributed by atoms with van der Waals surface area (Å²) in [5.74, 6) is 2.50. The van der Waals surface area contributed by atoms with Gasteiger partial charge in [0.2, 0.25) is 0 Å². The van der Waals surface area contributed by atoms with E-state index >= 15 is 0 Å². The Labute approximate surface area is 189 Å². The first-order valence-electron chi connectivity index (χ1n) is 9.63. The van der Waals surface area contributed by atoms with Crippen molar-refractivity contribution >= 4 is 40.5 Å². The SMILES string of the molecule is COc1ccc(Cl)cc1NC(=O)Nc1ccc(Nc2cc(-n3ccnc3)nc(C)n2)cc1. The van der Waals surface area contributed by atoms with Crippen molar-refractivity contribution in [1.82, 2.24) is 19.5 Å². The van der Waals surface area contributed by atoms with Gasteiger partial charge in [-0.2, -0.15) is 0 Å². The summed E-state index contributed by atoms with van der Waals surface area (Å²) in [6.07, 6.45) is 5.18. The first-order chi connectivity index (χ1) is 15.5. The van der Waals surface area contributed by atoms with Crippen molar-refractivity contribution in [2.24, 2.45) is 0 Å². The molecule has 0 spiro atoms. The zero-order valence-electron chi connectivity index (χ0n) is 17.3. The molecule has 2 aromatic heterocycles. The molecule has 2 aromatic carbocycles. The van der Waals surface area contributed by atoms with E-state index in [0.717, 1.165) is 5.69 Å². The number of aromatic nitrogens is 4. The highest BCUT2D eigenvalue weighted by molar-refractivity contribution is 6.31. The summed E-state index contributed by atoms with van der Waals surface area (Å²) in [5, 5.41) is 9.25. The van der Waals surface area contributed by atoms with Crippen molar-refractivity contribution in [3.63, 3.8) is 0 Å². The van der Waals surface area contributed by atoms with Crippen LogP contribution >= 0.6 is 11.6 Å². The Bertz CT molecular complexity index is 1230. The molecule has 32 heavy (non-hydrogen) atoms. The number of ether oxygens (including phenoxy) is 1. The van der Waals surface area contributed by atoms with E-state index in [9.17, 15) is 4.79 Å². The van der Waals surface area contributed by atoms with Gasteiger partial charge in [0, 0.05) is 34.9 Å². The molecule has 0 bridgehead atoms. The van der Waals surface area contributed by atoms with E-state index in [1.807, 2.05) is 31.3 Å². The maximum Gasteiger partial charge on any atom is 0.323 e. The second-order valence-electron chi connectivity index (χ2n) is 6.75. The molecule has 9 nitrogen and oxygen atoms in total. The minimum Gasteiger partial charge on any atom is -0.495 e. The minimum atomic E-state index is -0.414. The molecule has 2 amide bonds. The van der Waals surface area contributed by atoms with Crippen LogP contribution in [0.5, 0.6) is 5.75 Å². The van der Waals surface area contributed by atoms with Crippen LogP contribution in [0.2, 0.25) is 5.02 Å². The average Bonchev–Trinajstić information content (AvgIpc) is 3.30. The number of nitrogens with zero attached hydrogens (tertiary/aromatic N) is 4. The Morgan fingerprint density at radius 3 is 2.53 bits per heavy atom. The summed E-state index contributed by atoms with van der Waals surface area (Å²) >= 11 is 6.00. The van der Waals surface area contributed by atoms with Gasteiger partial charge in [0.1, 0.15) is 29.5 Å². The molecule has 4 rings (SSSR count). The van der Waals surface area contributed by atoms with Gasteiger partial charge in [0.15, 0.2) is 0 Å². The lowest BCUT2D eigenvalue weighted by Crippen LogP contribution is -2.19. The van der Waals surface area contributed by atoms with Gasteiger partial charge in [0.05, 0.1) is 12.8 Å². The van der Waals surface area contributed by atoms with E-state index in [1.54, 1.807) is 47.4 Å². The maximum atomic E-state index is 12.4. The molecular weight excluding hydrogens is 430 g/mol. The first kappa shape index (κ1) is 21.1. The number of aryl methyl sites for hydroxylation is 1. The topological polar surface area (TPSA) is 106 Å². The summed E-state index contributed by atoms with van der Waals surface area (Å²) in [6, 6.07) is 13.6. The van der Waals surface area contributed by atoms with Crippen LogP contribution in [0.4, 0.5) is 27.7 Å². The minimum absolute atomic E-state index is 0.414. The maximum absolute atomic E-state index is 12.4. The first-order valence-corrected chi connectivity index (χ1v) is 10.0. The number of amides is 2. The highest BCUT2D eigenvalue weighted by Gasteiger charge is 2.09. The number of hydrogen-bond acceptors (Lipinski definition) is 6. The van der Waals surface area contributed by atoms with Crippen molar-refractivity contribution in [1.29, 1.82) is 0 Å². The van der Waals surface area contributed by atoms with Crippen LogP contribution in [-0.4, -0.2) is 32.7 Å². The molecule has 0 fully saturated rings. The summed E-state index contributed by atoms with van der Waals surface area (Å²) in [7, 11) is 1.52. The van der Waals surface area contributed by atoms with Crippen LogP contribution in [-0.2, 0) is 0 Å². The predicted octanol–water partition coefficient (Wildman–Crippen LogP) is 5.02. The number of rotatable bonds is 6. The van der Waals surface area contributed by atoms with E-state index < -0.39 is 6.03 Å². The van der Waals surface area contributed by atoms with Gasteiger partial charge >= 0.3 is 6.03 Å². The molecule has 0 aliphatic heterocycles. The van der Waals surface area contributed by atoms with E-state index in [1.165, 1.54) is 7.11 Å². The fraction of sp³-hybridized carbons (Fsp3) is 0.0909. The molecule has 0 aliphatic carbocycles. The van der Waals surface area contributed by atoms with Crippen LogP contribution in [0.25, 0.3) is 5.82 Å². The number of carbonyl (C=O) groups excluding carboxylic acids is 1. The van der Waals surface area contributed by atoms with Crippen molar-refractivity contribution in [2.45, 2.75) is 6.92 Å². The van der Waals surface area contributed by atoms with Gasteiger partial charge in [-0.15, -0.1) is 0 Å². The number of imidazole rings is 1. The molecule has 0 atom stereocenters. The molecule has 0 saturated heterocycles. The third-order valence-corrected chi connectivity index (χ3v) is 4.65. The number of anilines is 4.